The molecule has 4 heteroatoms. The van der Waals surface area contributed by atoms with Crippen LogP contribution in [0.1, 0.15) is 36.5 Å². The molecule has 0 radical (unpaired) electrons. The lowest BCUT2D eigenvalue weighted by Gasteiger charge is -2.33. The van der Waals surface area contributed by atoms with Gasteiger partial charge in [-0.05, 0) is 55.9 Å². The van der Waals surface area contributed by atoms with Crippen LogP contribution in [0.2, 0.25) is 0 Å². The first kappa shape index (κ1) is 14.6. The van der Waals surface area contributed by atoms with Crippen molar-refractivity contribution < 1.29 is 4.42 Å². The summed E-state index contributed by atoms with van der Waals surface area (Å²) in [4.78, 5) is 14.4. The quantitative estimate of drug-likeness (QED) is 0.756. The molecule has 3 rings (SSSR count). The second-order valence-electron chi connectivity index (χ2n) is 6.35. The number of aryl methyl sites for hydroxylation is 2. The molecular formula is C18H20N2O2. The largest absolute Gasteiger partial charge is 0.422 e. The monoisotopic (exact) mass is 296 g/mol. The van der Waals surface area contributed by atoms with Gasteiger partial charge in [-0.25, -0.2) is 4.79 Å². The number of nitrogens with zero attached hydrogens (tertiary/aromatic N) is 2. The molecule has 0 spiro atoms. The average Bonchev–Trinajstić information content (AvgIpc) is 2.48. The number of piperidine rings is 1. The van der Waals surface area contributed by atoms with Gasteiger partial charge in [0.1, 0.15) is 11.7 Å². The Hall–Kier alpha value is -2.28. The summed E-state index contributed by atoms with van der Waals surface area (Å²) in [6.45, 7) is 8.00. The van der Waals surface area contributed by atoms with Crippen molar-refractivity contribution in [3.63, 3.8) is 0 Å². The van der Waals surface area contributed by atoms with Crippen LogP contribution in [0.4, 0.5) is 5.69 Å². The molecule has 0 N–H and O–H groups in total. The summed E-state index contributed by atoms with van der Waals surface area (Å²) in [5, 5.41) is 10.3. The Balaban J connectivity index is 2.32. The van der Waals surface area contributed by atoms with Crippen molar-refractivity contribution in [3.8, 4) is 6.07 Å². The Morgan fingerprint density at radius 2 is 2.05 bits per heavy atom. The maximum absolute atomic E-state index is 12.2. The van der Waals surface area contributed by atoms with Crippen molar-refractivity contribution in [2.24, 2.45) is 5.92 Å². The van der Waals surface area contributed by atoms with Crippen molar-refractivity contribution in [1.82, 2.24) is 0 Å². The predicted octanol–water partition coefficient (Wildman–Crippen LogP) is 3.52. The van der Waals surface area contributed by atoms with E-state index in [2.05, 4.69) is 17.9 Å². The van der Waals surface area contributed by atoms with Gasteiger partial charge in [-0.15, -0.1) is 0 Å². The van der Waals surface area contributed by atoms with E-state index in [1.807, 2.05) is 26.0 Å². The zero-order chi connectivity index (χ0) is 15.9. The van der Waals surface area contributed by atoms with Gasteiger partial charge in [0.25, 0.3) is 0 Å². The van der Waals surface area contributed by atoms with Crippen LogP contribution in [-0.4, -0.2) is 13.1 Å². The topological polar surface area (TPSA) is 57.2 Å². The second kappa shape index (κ2) is 5.49. The zero-order valence-corrected chi connectivity index (χ0v) is 13.3. The average molecular weight is 296 g/mol. The molecule has 22 heavy (non-hydrogen) atoms. The van der Waals surface area contributed by atoms with Crippen LogP contribution in [0.15, 0.2) is 21.3 Å². The third-order valence-electron chi connectivity index (χ3n) is 4.58. The molecule has 1 aliphatic heterocycles. The van der Waals surface area contributed by atoms with Crippen molar-refractivity contribution in [2.75, 3.05) is 18.0 Å². The first-order valence-corrected chi connectivity index (χ1v) is 7.74. The summed E-state index contributed by atoms with van der Waals surface area (Å²) < 4.78 is 5.37. The fraction of sp³-hybridized carbons (Fsp3) is 0.444. The predicted molar refractivity (Wildman–Crippen MR) is 87.3 cm³/mol. The van der Waals surface area contributed by atoms with Crippen LogP contribution in [0, 0.1) is 31.1 Å². The summed E-state index contributed by atoms with van der Waals surface area (Å²) in [6.07, 6.45) is 2.27. The Kier molecular flexibility index (Phi) is 3.66. The van der Waals surface area contributed by atoms with Gasteiger partial charge in [0.15, 0.2) is 5.56 Å². The maximum atomic E-state index is 12.2. The highest BCUT2D eigenvalue weighted by Gasteiger charge is 2.24. The van der Waals surface area contributed by atoms with Gasteiger partial charge in [-0.2, -0.15) is 5.26 Å². The number of nitriles is 1. The summed E-state index contributed by atoms with van der Waals surface area (Å²) in [5.74, 6) is 0.564. The van der Waals surface area contributed by atoms with Gasteiger partial charge in [0.2, 0.25) is 0 Å². The second-order valence-corrected chi connectivity index (χ2v) is 6.35. The van der Waals surface area contributed by atoms with E-state index < -0.39 is 5.63 Å². The van der Waals surface area contributed by atoms with Gasteiger partial charge >= 0.3 is 5.63 Å². The van der Waals surface area contributed by atoms with Crippen LogP contribution in [-0.2, 0) is 0 Å². The lowest BCUT2D eigenvalue weighted by molar-refractivity contribution is 0.446. The van der Waals surface area contributed by atoms with Crippen molar-refractivity contribution >= 4 is 16.7 Å². The van der Waals surface area contributed by atoms with Gasteiger partial charge < -0.3 is 9.32 Å². The molecule has 4 nitrogen and oxygen atoms in total. The van der Waals surface area contributed by atoms with Gasteiger partial charge in [0, 0.05) is 18.5 Å². The summed E-state index contributed by atoms with van der Waals surface area (Å²) in [7, 11) is 0. The molecule has 0 amide bonds. The number of hydrogen-bond acceptors (Lipinski definition) is 4. The first-order chi connectivity index (χ1) is 10.5. The van der Waals surface area contributed by atoms with Crippen molar-refractivity contribution in [3.05, 3.63) is 39.2 Å². The van der Waals surface area contributed by atoms with Crippen molar-refractivity contribution in [1.29, 1.82) is 5.26 Å². The molecule has 1 saturated heterocycles. The fourth-order valence-electron chi connectivity index (χ4n) is 3.26. The van der Waals surface area contributed by atoms with E-state index in [0.717, 1.165) is 41.7 Å². The highest BCUT2D eigenvalue weighted by molar-refractivity contribution is 5.94. The summed E-state index contributed by atoms with van der Waals surface area (Å²) >= 11 is 0. The number of rotatable bonds is 1. The Morgan fingerprint density at radius 1 is 1.32 bits per heavy atom. The van der Waals surface area contributed by atoms with Gasteiger partial charge in [0.05, 0.1) is 5.69 Å². The van der Waals surface area contributed by atoms with E-state index >= 15 is 0 Å². The molecule has 114 valence electrons. The molecule has 2 heterocycles. The van der Waals surface area contributed by atoms with E-state index in [1.165, 1.54) is 6.42 Å². The zero-order valence-electron chi connectivity index (χ0n) is 13.3. The number of benzene rings is 1. The van der Waals surface area contributed by atoms with Gasteiger partial charge in [-0.3, -0.25) is 0 Å². The molecule has 1 unspecified atom stereocenters. The van der Waals surface area contributed by atoms with E-state index in [9.17, 15) is 10.1 Å². The van der Waals surface area contributed by atoms with Crippen LogP contribution in [0.25, 0.3) is 11.0 Å². The van der Waals surface area contributed by atoms with Crippen LogP contribution >= 0.6 is 0 Å². The van der Waals surface area contributed by atoms with Crippen LogP contribution < -0.4 is 10.5 Å². The molecule has 0 saturated carbocycles. The normalized spacial score (nSPS) is 18.5. The number of fused-ring (bicyclic) bond motifs is 1. The molecule has 1 aromatic heterocycles. The number of hydrogen-bond donors (Lipinski definition) is 0. The Labute approximate surface area is 130 Å². The molecule has 0 aliphatic carbocycles. The lowest BCUT2D eigenvalue weighted by Crippen LogP contribution is -2.35. The fourth-order valence-corrected chi connectivity index (χ4v) is 3.26. The molecule has 0 bridgehead atoms. The highest BCUT2D eigenvalue weighted by Crippen LogP contribution is 2.33. The van der Waals surface area contributed by atoms with Crippen LogP contribution in [0.5, 0.6) is 0 Å². The van der Waals surface area contributed by atoms with E-state index in [4.69, 9.17) is 4.42 Å². The first-order valence-electron chi connectivity index (χ1n) is 7.74. The molecule has 1 fully saturated rings. The smallest absolute Gasteiger partial charge is 0.356 e. The van der Waals surface area contributed by atoms with Gasteiger partial charge in [-0.1, -0.05) is 6.92 Å². The molecule has 1 atom stereocenters. The Bertz CT molecular complexity index is 830. The summed E-state index contributed by atoms with van der Waals surface area (Å²) in [6, 6.07) is 5.98. The minimum absolute atomic E-state index is 0.129. The molecule has 1 aromatic carbocycles. The maximum Gasteiger partial charge on any atom is 0.356 e. The molecular weight excluding hydrogens is 276 g/mol. The number of anilines is 1. The van der Waals surface area contributed by atoms with Crippen molar-refractivity contribution in [2.45, 2.75) is 33.6 Å². The third-order valence-corrected chi connectivity index (χ3v) is 4.58. The van der Waals surface area contributed by atoms with E-state index in [0.29, 0.717) is 11.5 Å². The van der Waals surface area contributed by atoms with E-state index in [-0.39, 0.29) is 5.56 Å². The Morgan fingerprint density at radius 3 is 2.73 bits per heavy atom. The lowest BCUT2D eigenvalue weighted by atomic mass is 9.97. The minimum Gasteiger partial charge on any atom is -0.422 e. The molecule has 2 aromatic rings. The highest BCUT2D eigenvalue weighted by atomic mass is 16.4. The van der Waals surface area contributed by atoms with Crippen LogP contribution in [0.3, 0.4) is 0 Å². The summed E-state index contributed by atoms with van der Waals surface area (Å²) in [5.41, 5.74) is 3.13. The minimum atomic E-state index is -0.536. The third kappa shape index (κ3) is 2.37. The van der Waals surface area contributed by atoms with E-state index in [1.54, 1.807) is 0 Å². The molecule has 1 aliphatic rings. The SMILES string of the molecule is Cc1cc2oc(=O)c(C#N)c(N3CCCC(C)C3)c2cc1C. The standard InChI is InChI=1S/C18H20N2O2/c1-11-5-4-6-20(10-11)17-14-7-12(2)13(3)8-16(14)22-18(21)15(17)9-19/h7-8,11H,4-6,10H2,1-3H3.